The monoisotopic (exact) mass is 250 g/mol. The van der Waals surface area contributed by atoms with Crippen LogP contribution in [0.25, 0.3) is 5.57 Å². The molecular formula is C12H14N2O2S. The molecule has 0 saturated carbocycles. The Morgan fingerprint density at radius 3 is 2.94 bits per heavy atom. The molecule has 1 aliphatic carbocycles. The maximum Gasteiger partial charge on any atom is 0.337 e. The summed E-state index contributed by atoms with van der Waals surface area (Å²) in [6, 6.07) is 0. The van der Waals surface area contributed by atoms with Gasteiger partial charge in [-0.25, -0.2) is 9.78 Å². The highest BCUT2D eigenvalue weighted by atomic mass is 32.1. The SMILES string of the molecule is Nc1nc(/C(=C/C2CC=CCC2)C(=O)O)cs1. The van der Waals surface area contributed by atoms with E-state index in [0.717, 1.165) is 19.3 Å². The summed E-state index contributed by atoms with van der Waals surface area (Å²) in [4.78, 5) is 15.2. The van der Waals surface area contributed by atoms with Gasteiger partial charge in [0.25, 0.3) is 0 Å². The predicted molar refractivity (Wildman–Crippen MR) is 68.6 cm³/mol. The van der Waals surface area contributed by atoms with Gasteiger partial charge in [0.2, 0.25) is 0 Å². The number of thiazole rings is 1. The average molecular weight is 250 g/mol. The van der Waals surface area contributed by atoms with Gasteiger partial charge in [0.15, 0.2) is 5.13 Å². The Hall–Kier alpha value is -1.62. The number of aromatic nitrogens is 1. The molecule has 0 fully saturated rings. The Balaban J connectivity index is 2.25. The molecule has 0 aliphatic heterocycles. The zero-order valence-corrected chi connectivity index (χ0v) is 10.1. The molecule has 1 atom stereocenters. The fraction of sp³-hybridized carbons (Fsp3) is 0.333. The minimum atomic E-state index is -0.940. The maximum atomic E-state index is 11.2. The number of aliphatic carboxylic acids is 1. The van der Waals surface area contributed by atoms with E-state index in [2.05, 4.69) is 17.1 Å². The number of hydrogen-bond donors (Lipinski definition) is 2. The lowest BCUT2D eigenvalue weighted by atomic mass is 9.92. The van der Waals surface area contributed by atoms with Crippen LogP contribution >= 0.6 is 11.3 Å². The fourth-order valence-corrected chi connectivity index (χ4v) is 2.44. The molecule has 90 valence electrons. The molecule has 0 amide bonds. The van der Waals surface area contributed by atoms with Gasteiger partial charge in [0.1, 0.15) is 0 Å². The first-order valence-electron chi connectivity index (χ1n) is 5.48. The van der Waals surface area contributed by atoms with Gasteiger partial charge in [-0.1, -0.05) is 18.2 Å². The molecule has 5 heteroatoms. The van der Waals surface area contributed by atoms with Crippen molar-refractivity contribution in [1.82, 2.24) is 4.98 Å². The van der Waals surface area contributed by atoms with Gasteiger partial charge in [0.05, 0.1) is 11.3 Å². The van der Waals surface area contributed by atoms with E-state index in [4.69, 9.17) is 5.73 Å². The molecule has 3 N–H and O–H groups in total. The molecule has 4 nitrogen and oxygen atoms in total. The van der Waals surface area contributed by atoms with Crippen molar-refractivity contribution >= 4 is 28.0 Å². The van der Waals surface area contributed by atoms with Crippen molar-refractivity contribution in [1.29, 1.82) is 0 Å². The van der Waals surface area contributed by atoms with E-state index in [9.17, 15) is 9.90 Å². The highest BCUT2D eigenvalue weighted by Gasteiger charge is 2.17. The Labute approximate surface area is 103 Å². The molecule has 0 aromatic carbocycles. The van der Waals surface area contributed by atoms with Gasteiger partial charge in [-0.05, 0) is 25.2 Å². The van der Waals surface area contributed by atoms with Gasteiger partial charge < -0.3 is 10.8 Å². The fourth-order valence-electron chi connectivity index (χ4n) is 1.88. The molecule has 1 aliphatic rings. The maximum absolute atomic E-state index is 11.2. The zero-order valence-electron chi connectivity index (χ0n) is 9.30. The van der Waals surface area contributed by atoms with Crippen LogP contribution in [0.3, 0.4) is 0 Å². The van der Waals surface area contributed by atoms with E-state index in [1.165, 1.54) is 11.3 Å². The minimum absolute atomic E-state index is 0.262. The Bertz CT molecular complexity index is 477. The zero-order chi connectivity index (χ0) is 12.3. The molecule has 2 rings (SSSR count). The lowest BCUT2D eigenvalue weighted by molar-refractivity contribution is -0.130. The number of allylic oxidation sites excluding steroid dienone is 3. The van der Waals surface area contributed by atoms with Crippen LogP contribution in [0.15, 0.2) is 23.6 Å². The van der Waals surface area contributed by atoms with Crippen LogP contribution in [0.4, 0.5) is 5.13 Å². The molecule has 0 saturated heterocycles. The number of rotatable bonds is 3. The third-order valence-corrected chi connectivity index (χ3v) is 3.41. The van der Waals surface area contributed by atoms with Crippen LogP contribution in [0, 0.1) is 5.92 Å². The second kappa shape index (κ2) is 5.14. The summed E-state index contributed by atoms with van der Waals surface area (Å²) in [5, 5.41) is 11.3. The molecule has 1 unspecified atom stereocenters. The van der Waals surface area contributed by atoms with Crippen molar-refractivity contribution in [3.63, 3.8) is 0 Å². The van der Waals surface area contributed by atoms with Crippen LogP contribution < -0.4 is 5.73 Å². The number of carboxylic acids is 1. The summed E-state index contributed by atoms with van der Waals surface area (Å²) < 4.78 is 0. The van der Waals surface area contributed by atoms with Crippen molar-refractivity contribution in [2.75, 3.05) is 5.73 Å². The standard InChI is InChI=1S/C12H14N2O2S/c13-12-14-10(7-17-12)9(11(15)16)6-8-4-2-1-3-5-8/h1-2,6-8H,3-5H2,(H2,13,14)(H,15,16)/b9-6-. The summed E-state index contributed by atoms with van der Waals surface area (Å²) in [7, 11) is 0. The largest absolute Gasteiger partial charge is 0.478 e. The number of hydrogen-bond acceptors (Lipinski definition) is 4. The van der Waals surface area contributed by atoms with Crippen LogP contribution in [0.5, 0.6) is 0 Å². The molecule has 0 spiro atoms. The molecule has 17 heavy (non-hydrogen) atoms. The van der Waals surface area contributed by atoms with E-state index in [-0.39, 0.29) is 11.5 Å². The quantitative estimate of drug-likeness (QED) is 0.638. The Morgan fingerprint density at radius 2 is 2.41 bits per heavy atom. The van der Waals surface area contributed by atoms with E-state index in [1.807, 2.05) is 0 Å². The highest BCUT2D eigenvalue weighted by molar-refractivity contribution is 7.13. The molecule has 0 bridgehead atoms. The van der Waals surface area contributed by atoms with Crippen molar-refractivity contribution in [2.24, 2.45) is 5.92 Å². The van der Waals surface area contributed by atoms with Crippen molar-refractivity contribution < 1.29 is 9.90 Å². The first-order valence-corrected chi connectivity index (χ1v) is 6.36. The lowest BCUT2D eigenvalue weighted by Crippen LogP contribution is -2.06. The molecule has 1 aromatic heterocycles. The predicted octanol–water partition coefficient (Wildman–Crippen LogP) is 2.55. The van der Waals surface area contributed by atoms with Gasteiger partial charge in [-0.15, -0.1) is 11.3 Å². The summed E-state index contributed by atoms with van der Waals surface area (Å²) in [6.07, 6.45) is 8.93. The second-order valence-corrected chi connectivity index (χ2v) is 4.89. The number of carbonyl (C=O) groups is 1. The molecule has 0 radical (unpaired) electrons. The highest BCUT2D eigenvalue weighted by Crippen LogP contribution is 2.26. The normalized spacial score (nSPS) is 20.5. The summed E-state index contributed by atoms with van der Waals surface area (Å²) in [5.74, 6) is -0.654. The van der Waals surface area contributed by atoms with Gasteiger partial charge >= 0.3 is 5.97 Å². The Kier molecular flexibility index (Phi) is 3.58. The summed E-state index contributed by atoms with van der Waals surface area (Å²) in [6.45, 7) is 0. The lowest BCUT2D eigenvalue weighted by Gasteiger charge is -2.14. The van der Waals surface area contributed by atoms with Crippen LogP contribution in [0.2, 0.25) is 0 Å². The summed E-state index contributed by atoms with van der Waals surface area (Å²) >= 11 is 1.26. The van der Waals surface area contributed by atoms with E-state index in [1.54, 1.807) is 11.5 Å². The van der Waals surface area contributed by atoms with Crippen molar-refractivity contribution in [2.45, 2.75) is 19.3 Å². The first-order chi connectivity index (χ1) is 8.16. The number of nitrogen functional groups attached to an aromatic ring is 1. The van der Waals surface area contributed by atoms with E-state index >= 15 is 0 Å². The van der Waals surface area contributed by atoms with Crippen LogP contribution in [0.1, 0.15) is 25.0 Å². The number of nitrogens with two attached hydrogens (primary N) is 1. The third-order valence-electron chi connectivity index (χ3n) is 2.74. The topological polar surface area (TPSA) is 76.2 Å². The molecule has 1 heterocycles. The van der Waals surface area contributed by atoms with Gasteiger partial charge in [-0.3, -0.25) is 0 Å². The second-order valence-electron chi connectivity index (χ2n) is 4.00. The van der Waals surface area contributed by atoms with Gasteiger partial charge in [-0.2, -0.15) is 0 Å². The third kappa shape index (κ3) is 2.94. The first kappa shape index (κ1) is 11.9. The molecule has 1 aromatic rings. The number of carboxylic acid groups (broad SMARTS) is 1. The van der Waals surface area contributed by atoms with E-state index in [0.29, 0.717) is 10.8 Å². The summed E-state index contributed by atoms with van der Waals surface area (Å²) in [5.41, 5.74) is 6.26. The van der Waals surface area contributed by atoms with Crippen molar-refractivity contribution in [3.05, 3.63) is 29.3 Å². The number of nitrogens with zero attached hydrogens (tertiary/aromatic N) is 1. The van der Waals surface area contributed by atoms with E-state index < -0.39 is 5.97 Å². The van der Waals surface area contributed by atoms with Crippen LogP contribution in [-0.4, -0.2) is 16.1 Å². The minimum Gasteiger partial charge on any atom is -0.478 e. The number of anilines is 1. The average Bonchev–Trinajstić information content (AvgIpc) is 2.73. The van der Waals surface area contributed by atoms with Crippen molar-refractivity contribution in [3.8, 4) is 0 Å². The molecular weight excluding hydrogens is 236 g/mol. The van der Waals surface area contributed by atoms with Crippen LogP contribution in [-0.2, 0) is 4.79 Å². The van der Waals surface area contributed by atoms with Gasteiger partial charge in [0, 0.05) is 5.38 Å². The Morgan fingerprint density at radius 1 is 1.59 bits per heavy atom. The smallest absolute Gasteiger partial charge is 0.337 e.